The number of nitro benzene ring substituents is 1. The minimum atomic E-state index is -0.400. The SMILES string of the molecule is CCCC(CCO)CNc1cccc([N+](=O)[O-])c1. The number of benzene rings is 1. The van der Waals surface area contributed by atoms with E-state index < -0.39 is 4.92 Å². The Labute approximate surface area is 107 Å². The maximum absolute atomic E-state index is 10.6. The molecule has 1 aromatic rings. The van der Waals surface area contributed by atoms with E-state index in [1.807, 2.05) is 6.07 Å². The van der Waals surface area contributed by atoms with Crippen molar-refractivity contribution in [1.29, 1.82) is 0 Å². The molecule has 0 aliphatic rings. The van der Waals surface area contributed by atoms with Gasteiger partial charge >= 0.3 is 0 Å². The van der Waals surface area contributed by atoms with Crippen LogP contribution >= 0.6 is 0 Å². The van der Waals surface area contributed by atoms with Crippen molar-refractivity contribution < 1.29 is 10.0 Å². The highest BCUT2D eigenvalue weighted by Crippen LogP contribution is 2.18. The molecule has 0 bridgehead atoms. The zero-order valence-corrected chi connectivity index (χ0v) is 10.6. The van der Waals surface area contributed by atoms with E-state index in [1.165, 1.54) is 12.1 Å². The maximum atomic E-state index is 10.6. The first-order chi connectivity index (χ1) is 8.67. The van der Waals surface area contributed by atoms with Gasteiger partial charge in [0, 0.05) is 31.0 Å². The first-order valence-electron chi connectivity index (χ1n) is 6.26. The average Bonchev–Trinajstić information content (AvgIpc) is 2.37. The summed E-state index contributed by atoms with van der Waals surface area (Å²) in [5.41, 5.74) is 0.845. The number of non-ortho nitro benzene ring substituents is 1. The summed E-state index contributed by atoms with van der Waals surface area (Å²) < 4.78 is 0. The molecule has 1 aromatic carbocycles. The molecule has 0 aliphatic carbocycles. The molecule has 5 nitrogen and oxygen atoms in total. The van der Waals surface area contributed by atoms with Crippen molar-refractivity contribution in [3.8, 4) is 0 Å². The Kier molecular flexibility index (Phi) is 6.14. The van der Waals surface area contributed by atoms with Gasteiger partial charge in [0.1, 0.15) is 0 Å². The van der Waals surface area contributed by atoms with Gasteiger partial charge in [0.2, 0.25) is 0 Å². The largest absolute Gasteiger partial charge is 0.396 e. The zero-order valence-electron chi connectivity index (χ0n) is 10.6. The van der Waals surface area contributed by atoms with E-state index in [1.54, 1.807) is 6.07 Å². The van der Waals surface area contributed by atoms with Crippen LogP contribution in [0.25, 0.3) is 0 Å². The van der Waals surface area contributed by atoms with Gasteiger partial charge in [-0.25, -0.2) is 0 Å². The molecule has 5 heteroatoms. The molecule has 0 aliphatic heterocycles. The fraction of sp³-hybridized carbons (Fsp3) is 0.538. The van der Waals surface area contributed by atoms with E-state index in [9.17, 15) is 10.1 Å². The number of anilines is 1. The van der Waals surface area contributed by atoms with Gasteiger partial charge in [0.05, 0.1) is 4.92 Å². The Hall–Kier alpha value is -1.62. The van der Waals surface area contributed by atoms with Crippen molar-refractivity contribution in [2.75, 3.05) is 18.5 Å². The number of aliphatic hydroxyl groups excluding tert-OH is 1. The molecule has 1 unspecified atom stereocenters. The van der Waals surface area contributed by atoms with Gasteiger partial charge in [0.25, 0.3) is 5.69 Å². The minimum Gasteiger partial charge on any atom is -0.396 e. The Morgan fingerprint density at radius 1 is 1.44 bits per heavy atom. The second kappa shape index (κ2) is 7.66. The molecule has 1 rings (SSSR count). The van der Waals surface area contributed by atoms with Crippen LogP contribution in [-0.2, 0) is 0 Å². The van der Waals surface area contributed by atoms with Crippen LogP contribution in [0.2, 0.25) is 0 Å². The normalized spacial score (nSPS) is 12.1. The third-order valence-corrected chi connectivity index (χ3v) is 2.89. The van der Waals surface area contributed by atoms with Gasteiger partial charge in [-0.1, -0.05) is 19.4 Å². The molecule has 0 spiro atoms. The lowest BCUT2D eigenvalue weighted by atomic mass is 10.0. The topological polar surface area (TPSA) is 75.4 Å². The van der Waals surface area contributed by atoms with Crippen LogP contribution in [0, 0.1) is 16.0 Å². The second-order valence-electron chi connectivity index (χ2n) is 4.36. The van der Waals surface area contributed by atoms with Gasteiger partial charge in [-0.2, -0.15) is 0 Å². The summed E-state index contributed by atoms with van der Waals surface area (Å²) >= 11 is 0. The predicted molar refractivity (Wildman–Crippen MR) is 71.7 cm³/mol. The quantitative estimate of drug-likeness (QED) is 0.551. The number of rotatable bonds is 8. The predicted octanol–water partition coefficient (Wildman–Crippen LogP) is 2.81. The molecule has 0 amide bonds. The molecule has 0 saturated carbocycles. The number of nitrogens with zero attached hydrogens (tertiary/aromatic N) is 1. The summed E-state index contributed by atoms with van der Waals surface area (Å²) in [4.78, 5) is 10.2. The van der Waals surface area contributed by atoms with Gasteiger partial charge in [-0.05, 0) is 24.8 Å². The third-order valence-electron chi connectivity index (χ3n) is 2.89. The van der Waals surface area contributed by atoms with E-state index in [4.69, 9.17) is 5.11 Å². The Bertz CT molecular complexity index is 376. The number of nitrogens with one attached hydrogen (secondary N) is 1. The molecule has 0 fully saturated rings. The zero-order chi connectivity index (χ0) is 13.4. The molecule has 100 valence electrons. The van der Waals surface area contributed by atoms with Crippen molar-refractivity contribution >= 4 is 11.4 Å². The Morgan fingerprint density at radius 3 is 2.83 bits per heavy atom. The lowest BCUT2D eigenvalue weighted by Crippen LogP contribution is -2.15. The summed E-state index contributed by atoms with van der Waals surface area (Å²) in [6.07, 6.45) is 2.87. The number of hydrogen-bond acceptors (Lipinski definition) is 4. The smallest absolute Gasteiger partial charge is 0.271 e. The van der Waals surface area contributed by atoms with Crippen LogP contribution in [0.4, 0.5) is 11.4 Å². The first kappa shape index (κ1) is 14.4. The Morgan fingerprint density at radius 2 is 2.22 bits per heavy atom. The summed E-state index contributed by atoms with van der Waals surface area (Å²) in [6, 6.07) is 6.49. The average molecular weight is 252 g/mol. The van der Waals surface area contributed by atoms with Crippen LogP contribution in [0.15, 0.2) is 24.3 Å². The summed E-state index contributed by atoms with van der Waals surface area (Å²) in [5, 5.41) is 22.8. The lowest BCUT2D eigenvalue weighted by molar-refractivity contribution is -0.384. The molecule has 1 atom stereocenters. The fourth-order valence-corrected chi connectivity index (χ4v) is 1.93. The standard InChI is InChI=1S/C13H20N2O3/c1-2-4-11(7-8-16)10-14-12-5-3-6-13(9-12)15(17)18/h3,5-6,9,11,14,16H,2,4,7-8,10H2,1H3. The van der Waals surface area contributed by atoms with Crippen LogP contribution in [0.5, 0.6) is 0 Å². The molecule has 0 aromatic heterocycles. The first-order valence-corrected chi connectivity index (χ1v) is 6.26. The van der Waals surface area contributed by atoms with E-state index in [2.05, 4.69) is 12.2 Å². The molecule has 0 saturated heterocycles. The van der Waals surface area contributed by atoms with Crippen molar-refractivity contribution in [2.24, 2.45) is 5.92 Å². The molecule has 0 heterocycles. The van der Waals surface area contributed by atoms with Crippen LogP contribution in [0.3, 0.4) is 0 Å². The molecular weight excluding hydrogens is 232 g/mol. The minimum absolute atomic E-state index is 0.0919. The van der Waals surface area contributed by atoms with Crippen molar-refractivity contribution in [2.45, 2.75) is 26.2 Å². The van der Waals surface area contributed by atoms with Gasteiger partial charge in [-0.15, -0.1) is 0 Å². The van der Waals surface area contributed by atoms with Gasteiger partial charge in [0.15, 0.2) is 0 Å². The number of hydrogen-bond donors (Lipinski definition) is 2. The van der Waals surface area contributed by atoms with Gasteiger partial charge < -0.3 is 10.4 Å². The molecule has 0 radical (unpaired) electrons. The van der Waals surface area contributed by atoms with E-state index in [0.717, 1.165) is 31.5 Å². The maximum Gasteiger partial charge on any atom is 0.271 e. The van der Waals surface area contributed by atoms with Crippen LogP contribution in [-0.4, -0.2) is 23.2 Å². The van der Waals surface area contributed by atoms with E-state index in [-0.39, 0.29) is 12.3 Å². The van der Waals surface area contributed by atoms with Crippen molar-refractivity contribution in [3.05, 3.63) is 34.4 Å². The van der Waals surface area contributed by atoms with Crippen LogP contribution < -0.4 is 5.32 Å². The molecular formula is C13H20N2O3. The van der Waals surface area contributed by atoms with Crippen molar-refractivity contribution in [3.63, 3.8) is 0 Å². The highest BCUT2D eigenvalue weighted by atomic mass is 16.6. The monoisotopic (exact) mass is 252 g/mol. The van der Waals surface area contributed by atoms with E-state index >= 15 is 0 Å². The summed E-state index contributed by atoms with van der Waals surface area (Å²) in [5.74, 6) is 0.402. The van der Waals surface area contributed by atoms with Crippen LogP contribution in [0.1, 0.15) is 26.2 Å². The lowest BCUT2D eigenvalue weighted by Gasteiger charge is -2.16. The molecule has 18 heavy (non-hydrogen) atoms. The van der Waals surface area contributed by atoms with Gasteiger partial charge in [-0.3, -0.25) is 10.1 Å². The number of nitro groups is 1. The summed E-state index contributed by atoms with van der Waals surface area (Å²) in [7, 11) is 0. The molecule has 2 N–H and O–H groups in total. The highest BCUT2D eigenvalue weighted by Gasteiger charge is 2.09. The highest BCUT2D eigenvalue weighted by molar-refractivity contribution is 5.50. The second-order valence-corrected chi connectivity index (χ2v) is 4.36. The Balaban J connectivity index is 2.55. The summed E-state index contributed by atoms with van der Waals surface area (Å²) in [6.45, 7) is 3.02. The van der Waals surface area contributed by atoms with E-state index in [0.29, 0.717) is 5.92 Å². The number of aliphatic hydroxyl groups is 1. The third kappa shape index (κ3) is 4.71. The van der Waals surface area contributed by atoms with Crippen molar-refractivity contribution in [1.82, 2.24) is 0 Å². The fourth-order valence-electron chi connectivity index (χ4n) is 1.93.